The Morgan fingerprint density at radius 1 is 1.16 bits per heavy atom. The molecule has 0 saturated heterocycles. The first-order valence-corrected chi connectivity index (χ1v) is 7.59. The highest BCUT2D eigenvalue weighted by atomic mass is 16.4. The summed E-state index contributed by atoms with van der Waals surface area (Å²) in [6, 6.07) is 0. The Labute approximate surface area is 116 Å². The lowest BCUT2D eigenvalue weighted by atomic mass is 9.82. The number of carbonyl (C=O) groups is 2. The van der Waals surface area contributed by atoms with E-state index in [-0.39, 0.29) is 18.2 Å². The standard InChI is InChI=1S/C15H27NO3/c1-12-7-6-8-13(11-12)15(19)16-10-5-3-2-4-9-14(17)18/h12-13H,2-11H2,1H3,(H,16,19)(H,17,18)/t12-,13-/m0/s1. The van der Waals surface area contributed by atoms with Gasteiger partial charge in [0.1, 0.15) is 0 Å². The second kappa shape index (κ2) is 8.94. The van der Waals surface area contributed by atoms with Gasteiger partial charge in [-0.1, -0.05) is 32.6 Å². The summed E-state index contributed by atoms with van der Waals surface area (Å²) in [5.74, 6) is 0.396. The molecule has 0 radical (unpaired) electrons. The molecule has 1 aliphatic rings. The molecule has 1 aliphatic carbocycles. The van der Waals surface area contributed by atoms with Crippen LogP contribution < -0.4 is 5.32 Å². The molecule has 1 amide bonds. The van der Waals surface area contributed by atoms with E-state index in [1.54, 1.807) is 0 Å². The van der Waals surface area contributed by atoms with Gasteiger partial charge < -0.3 is 10.4 Å². The van der Waals surface area contributed by atoms with Gasteiger partial charge in [-0.3, -0.25) is 9.59 Å². The predicted octanol–water partition coefficient (Wildman–Crippen LogP) is 2.96. The number of hydrogen-bond donors (Lipinski definition) is 2. The zero-order chi connectivity index (χ0) is 14.1. The third kappa shape index (κ3) is 7.19. The second-order valence-corrected chi connectivity index (χ2v) is 5.82. The summed E-state index contributed by atoms with van der Waals surface area (Å²) < 4.78 is 0. The van der Waals surface area contributed by atoms with Crippen molar-refractivity contribution < 1.29 is 14.7 Å². The van der Waals surface area contributed by atoms with Crippen molar-refractivity contribution in [2.45, 2.75) is 64.7 Å². The molecule has 0 aromatic heterocycles. The fourth-order valence-electron chi connectivity index (χ4n) is 2.78. The van der Waals surface area contributed by atoms with Crippen molar-refractivity contribution in [1.82, 2.24) is 5.32 Å². The molecule has 1 fully saturated rings. The highest BCUT2D eigenvalue weighted by molar-refractivity contribution is 5.78. The Balaban J connectivity index is 1.99. The molecule has 1 saturated carbocycles. The van der Waals surface area contributed by atoms with Gasteiger partial charge in [0.05, 0.1) is 0 Å². The molecule has 4 nitrogen and oxygen atoms in total. The maximum absolute atomic E-state index is 11.9. The summed E-state index contributed by atoms with van der Waals surface area (Å²) in [5, 5.41) is 11.5. The molecule has 0 bridgehead atoms. The van der Waals surface area contributed by atoms with Crippen LogP contribution in [0.25, 0.3) is 0 Å². The van der Waals surface area contributed by atoms with Crippen molar-refractivity contribution in [2.24, 2.45) is 11.8 Å². The topological polar surface area (TPSA) is 66.4 Å². The van der Waals surface area contributed by atoms with Gasteiger partial charge in [-0.15, -0.1) is 0 Å². The van der Waals surface area contributed by atoms with Crippen LogP contribution in [0.4, 0.5) is 0 Å². The van der Waals surface area contributed by atoms with Gasteiger partial charge in [0.15, 0.2) is 0 Å². The van der Waals surface area contributed by atoms with E-state index in [1.807, 2.05) is 0 Å². The van der Waals surface area contributed by atoms with Gasteiger partial charge in [0.25, 0.3) is 0 Å². The Hall–Kier alpha value is -1.06. The number of amides is 1. The highest BCUT2D eigenvalue weighted by Gasteiger charge is 2.24. The average molecular weight is 269 g/mol. The molecular weight excluding hydrogens is 242 g/mol. The van der Waals surface area contributed by atoms with Crippen LogP contribution in [-0.2, 0) is 9.59 Å². The summed E-state index contributed by atoms with van der Waals surface area (Å²) in [6.45, 7) is 2.96. The van der Waals surface area contributed by atoms with Gasteiger partial charge in [0, 0.05) is 18.9 Å². The van der Waals surface area contributed by atoms with Gasteiger partial charge >= 0.3 is 5.97 Å². The first-order chi connectivity index (χ1) is 9.09. The van der Waals surface area contributed by atoms with Gasteiger partial charge in [0.2, 0.25) is 5.91 Å². The second-order valence-electron chi connectivity index (χ2n) is 5.82. The van der Waals surface area contributed by atoms with E-state index in [1.165, 1.54) is 12.8 Å². The maximum Gasteiger partial charge on any atom is 0.303 e. The Bertz CT molecular complexity index is 291. The molecular formula is C15H27NO3. The largest absolute Gasteiger partial charge is 0.481 e. The molecule has 0 heterocycles. The molecule has 0 aliphatic heterocycles. The fraction of sp³-hybridized carbons (Fsp3) is 0.867. The van der Waals surface area contributed by atoms with E-state index in [9.17, 15) is 9.59 Å². The Morgan fingerprint density at radius 2 is 1.89 bits per heavy atom. The Morgan fingerprint density at radius 3 is 2.58 bits per heavy atom. The van der Waals surface area contributed by atoms with E-state index < -0.39 is 5.97 Å². The van der Waals surface area contributed by atoms with Gasteiger partial charge in [-0.05, 0) is 31.6 Å². The lowest BCUT2D eigenvalue weighted by Gasteiger charge is -2.25. The number of nitrogens with one attached hydrogen (secondary N) is 1. The van der Waals surface area contributed by atoms with Crippen LogP contribution in [0.5, 0.6) is 0 Å². The third-order valence-corrected chi connectivity index (χ3v) is 3.92. The zero-order valence-electron chi connectivity index (χ0n) is 12.0. The van der Waals surface area contributed by atoms with E-state index in [4.69, 9.17) is 5.11 Å². The zero-order valence-corrected chi connectivity index (χ0v) is 12.0. The number of unbranched alkanes of at least 4 members (excludes halogenated alkanes) is 3. The first-order valence-electron chi connectivity index (χ1n) is 7.59. The van der Waals surface area contributed by atoms with Crippen LogP contribution in [-0.4, -0.2) is 23.5 Å². The van der Waals surface area contributed by atoms with E-state index in [0.29, 0.717) is 5.92 Å². The maximum atomic E-state index is 11.9. The lowest BCUT2D eigenvalue weighted by Crippen LogP contribution is -2.34. The molecule has 1 rings (SSSR count). The van der Waals surface area contributed by atoms with Gasteiger partial charge in [-0.2, -0.15) is 0 Å². The van der Waals surface area contributed by atoms with Crippen LogP contribution in [0.3, 0.4) is 0 Å². The van der Waals surface area contributed by atoms with Crippen LogP contribution in [0, 0.1) is 11.8 Å². The average Bonchev–Trinajstić information content (AvgIpc) is 2.37. The minimum absolute atomic E-state index is 0.218. The minimum Gasteiger partial charge on any atom is -0.481 e. The Kier molecular flexibility index (Phi) is 7.53. The SMILES string of the molecule is C[C@H]1CCC[C@H](C(=O)NCCCCCCC(=O)O)C1. The molecule has 2 atom stereocenters. The lowest BCUT2D eigenvalue weighted by molar-refractivity contribution is -0.137. The molecule has 0 aromatic carbocycles. The summed E-state index contributed by atoms with van der Waals surface area (Å²) in [4.78, 5) is 22.3. The van der Waals surface area contributed by atoms with Crippen LogP contribution >= 0.6 is 0 Å². The number of rotatable bonds is 8. The number of carboxylic acids is 1. The third-order valence-electron chi connectivity index (χ3n) is 3.92. The predicted molar refractivity (Wildman–Crippen MR) is 74.9 cm³/mol. The first kappa shape index (κ1) is 16.0. The van der Waals surface area contributed by atoms with Crippen LogP contribution in [0.1, 0.15) is 64.7 Å². The van der Waals surface area contributed by atoms with Crippen molar-refractivity contribution in [2.75, 3.05) is 6.54 Å². The van der Waals surface area contributed by atoms with Crippen LogP contribution in [0.2, 0.25) is 0 Å². The molecule has 0 spiro atoms. The summed E-state index contributed by atoms with van der Waals surface area (Å²) in [5.41, 5.74) is 0. The van der Waals surface area contributed by atoms with Gasteiger partial charge in [-0.25, -0.2) is 0 Å². The normalized spacial score (nSPS) is 23.0. The highest BCUT2D eigenvalue weighted by Crippen LogP contribution is 2.28. The van der Waals surface area contributed by atoms with Crippen molar-refractivity contribution >= 4 is 11.9 Å². The number of carbonyl (C=O) groups excluding carboxylic acids is 1. The minimum atomic E-state index is -0.722. The number of aliphatic carboxylic acids is 1. The summed E-state index contributed by atoms with van der Waals surface area (Å²) >= 11 is 0. The smallest absolute Gasteiger partial charge is 0.303 e. The monoisotopic (exact) mass is 269 g/mol. The molecule has 110 valence electrons. The molecule has 19 heavy (non-hydrogen) atoms. The van der Waals surface area contributed by atoms with Crippen molar-refractivity contribution in [3.05, 3.63) is 0 Å². The van der Waals surface area contributed by atoms with E-state index in [2.05, 4.69) is 12.2 Å². The van der Waals surface area contributed by atoms with E-state index in [0.717, 1.165) is 45.1 Å². The number of carboxylic acid groups (broad SMARTS) is 1. The van der Waals surface area contributed by atoms with Crippen LogP contribution in [0.15, 0.2) is 0 Å². The summed E-state index contributed by atoms with van der Waals surface area (Å²) in [7, 11) is 0. The van der Waals surface area contributed by atoms with Crippen molar-refractivity contribution in [3.8, 4) is 0 Å². The molecule has 4 heteroatoms. The van der Waals surface area contributed by atoms with Crippen molar-refractivity contribution in [3.63, 3.8) is 0 Å². The molecule has 2 N–H and O–H groups in total. The molecule has 0 unspecified atom stereocenters. The number of hydrogen-bond acceptors (Lipinski definition) is 2. The van der Waals surface area contributed by atoms with E-state index >= 15 is 0 Å². The van der Waals surface area contributed by atoms with Crippen molar-refractivity contribution in [1.29, 1.82) is 0 Å². The summed E-state index contributed by atoms with van der Waals surface area (Å²) in [6.07, 6.45) is 8.38. The molecule has 0 aromatic rings. The quantitative estimate of drug-likeness (QED) is 0.666. The fourth-order valence-corrected chi connectivity index (χ4v) is 2.78.